The molecule has 0 aliphatic heterocycles. The summed E-state index contributed by atoms with van der Waals surface area (Å²) in [6.07, 6.45) is 1.07. The number of anilines is 1. The van der Waals surface area contributed by atoms with E-state index in [1.807, 2.05) is 26.8 Å². The molecule has 0 atom stereocenters. The van der Waals surface area contributed by atoms with Crippen LogP contribution in [0.15, 0.2) is 24.3 Å². The van der Waals surface area contributed by atoms with Gasteiger partial charge in [0.05, 0.1) is 11.3 Å². The summed E-state index contributed by atoms with van der Waals surface area (Å²) in [7, 11) is 0. The number of nitrogens with one attached hydrogen (secondary N) is 2. The number of nitrogens with zero attached hydrogens (tertiary/aromatic N) is 1. The predicted octanol–water partition coefficient (Wildman–Crippen LogP) is 2.19. The highest BCUT2D eigenvalue weighted by Gasteiger charge is 2.57. The van der Waals surface area contributed by atoms with Gasteiger partial charge in [0.1, 0.15) is 11.5 Å². The average Bonchev–Trinajstić information content (AvgIpc) is 3.18. The molecule has 0 unspecified atom stereocenters. The van der Waals surface area contributed by atoms with E-state index in [-0.39, 0.29) is 17.4 Å². The smallest absolute Gasteiger partial charge is 0.240 e. The van der Waals surface area contributed by atoms with Gasteiger partial charge in [-0.25, -0.2) is 0 Å². The molecule has 1 saturated carbocycles. The fourth-order valence-corrected chi connectivity index (χ4v) is 2.07. The van der Waals surface area contributed by atoms with Crippen LogP contribution in [0.4, 0.5) is 5.69 Å². The highest BCUT2D eigenvalue weighted by molar-refractivity contribution is 6.13. The maximum Gasteiger partial charge on any atom is 0.240 e. The number of hydrogen-bond acceptors (Lipinski definition) is 3. The lowest BCUT2D eigenvalue weighted by atomic mass is 10.0. The number of rotatable bonds is 3. The summed E-state index contributed by atoms with van der Waals surface area (Å²) in [6.45, 7) is 5.64. The van der Waals surface area contributed by atoms with Gasteiger partial charge < -0.3 is 10.6 Å². The lowest BCUT2D eigenvalue weighted by Gasteiger charge is -2.24. The number of amides is 2. The number of nitriles is 1. The van der Waals surface area contributed by atoms with E-state index in [1.54, 1.807) is 24.3 Å². The molecule has 21 heavy (non-hydrogen) atoms. The van der Waals surface area contributed by atoms with Crippen molar-refractivity contribution in [3.63, 3.8) is 0 Å². The first-order valence-electron chi connectivity index (χ1n) is 6.92. The molecule has 5 nitrogen and oxygen atoms in total. The molecule has 0 aromatic heterocycles. The number of hydrogen-bond donors (Lipinski definition) is 2. The lowest BCUT2D eigenvalue weighted by Crippen LogP contribution is -2.48. The van der Waals surface area contributed by atoms with Gasteiger partial charge in [0, 0.05) is 5.54 Å². The molecule has 0 bridgehead atoms. The van der Waals surface area contributed by atoms with Crippen LogP contribution in [-0.4, -0.2) is 17.4 Å². The van der Waals surface area contributed by atoms with Crippen molar-refractivity contribution < 1.29 is 9.59 Å². The second-order valence-corrected chi connectivity index (χ2v) is 6.40. The van der Waals surface area contributed by atoms with Crippen molar-refractivity contribution in [3.05, 3.63) is 29.8 Å². The van der Waals surface area contributed by atoms with E-state index < -0.39 is 5.41 Å². The zero-order chi connectivity index (χ0) is 15.7. The Morgan fingerprint density at radius 3 is 2.33 bits per heavy atom. The molecule has 110 valence electrons. The van der Waals surface area contributed by atoms with Crippen molar-refractivity contribution in [1.82, 2.24) is 5.32 Å². The molecule has 1 aromatic rings. The second-order valence-electron chi connectivity index (χ2n) is 6.40. The van der Waals surface area contributed by atoms with E-state index in [0.29, 0.717) is 24.1 Å². The van der Waals surface area contributed by atoms with Crippen molar-refractivity contribution in [2.45, 2.75) is 39.2 Å². The normalized spacial score (nSPS) is 15.7. The van der Waals surface area contributed by atoms with E-state index in [0.717, 1.165) is 0 Å². The topological polar surface area (TPSA) is 82.0 Å². The minimum atomic E-state index is -0.990. The summed E-state index contributed by atoms with van der Waals surface area (Å²) in [4.78, 5) is 24.7. The molecular weight excluding hydrogens is 266 g/mol. The minimum absolute atomic E-state index is 0.248. The van der Waals surface area contributed by atoms with Gasteiger partial charge in [0.25, 0.3) is 0 Å². The Kier molecular flexibility index (Phi) is 3.73. The van der Waals surface area contributed by atoms with Crippen molar-refractivity contribution in [1.29, 1.82) is 5.26 Å². The average molecular weight is 285 g/mol. The van der Waals surface area contributed by atoms with Gasteiger partial charge in [0.15, 0.2) is 0 Å². The predicted molar refractivity (Wildman–Crippen MR) is 79.3 cm³/mol. The third-order valence-electron chi connectivity index (χ3n) is 3.40. The van der Waals surface area contributed by atoms with Gasteiger partial charge in [0.2, 0.25) is 11.8 Å². The van der Waals surface area contributed by atoms with E-state index in [1.165, 1.54) is 0 Å². The Hall–Kier alpha value is -2.35. The Balaban J connectivity index is 2.14. The third-order valence-corrected chi connectivity index (χ3v) is 3.40. The van der Waals surface area contributed by atoms with E-state index >= 15 is 0 Å². The van der Waals surface area contributed by atoms with Crippen LogP contribution >= 0.6 is 0 Å². The van der Waals surface area contributed by atoms with Crippen molar-refractivity contribution in [2.75, 3.05) is 5.32 Å². The minimum Gasteiger partial charge on any atom is -0.351 e. The fourth-order valence-electron chi connectivity index (χ4n) is 2.07. The Morgan fingerprint density at radius 2 is 1.81 bits per heavy atom. The standard InChI is InChI=1S/C16H19N3O2/c1-15(2,3)19-14(21)16(8-9-16)13(20)18-12-7-5-4-6-11(12)10-17/h4-7H,8-9H2,1-3H3,(H,18,20)(H,19,21). The van der Waals surface area contributed by atoms with Crippen molar-refractivity contribution >= 4 is 17.5 Å². The monoisotopic (exact) mass is 285 g/mol. The van der Waals surface area contributed by atoms with Gasteiger partial charge in [-0.1, -0.05) is 12.1 Å². The summed E-state index contributed by atoms with van der Waals surface area (Å²) >= 11 is 0. The molecule has 2 amide bonds. The third kappa shape index (κ3) is 3.22. The summed E-state index contributed by atoms with van der Waals surface area (Å²) in [6, 6.07) is 8.79. The Labute approximate surface area is 124 Å². The second kappa shape index (κ2) is 5.21. The van der Waals surface area contributed by atoms with Gasteiger partial charge in [-0.05, 0) is 45.7 Å². The maximum absolute atomic E-state index is 12.4. The van der Waals surface area contributed by atoms with Crippen molar-refractivity contribution in [2.24, 2.45) is 5.41 Å². The van der Waals surface area contributed by atoms with Gasteiger partial charge in [-0.15, -0.1) is 0 Å². The van der Waals surface area contributed by atoms with Gasteiger partial charge >= 0.3 is 0 Å². The van der Waals surface area contributed by atoms with Crippen LogP contribution in [-0.2, 0) is 9.59 Å². The Morgan fingerprint density at radius 1 is 1.19 bits per heavy atom. The molecule has 5 heteroatoms. The number of benzene rings is 1. The molecule has 0 heterocycles. The molecule has 0 radical (unpaired) electrons. The van der Waals surface area contributed by atoms with E-state index in [4.69, 9.17) is 5.26 Å². The Bertz CT molecular complexity index is 619. The largest absolute Gasteiger partial charge is 0.351 e. The van der Waals surface area contributed by atoms with Crippen LogP contribution < -0.4 is 10.6 Å². The summed E-state index contributed by atoms with van der Waals surface area (Å²) in [5, 5.41) is 14.6. The quantitative estimate of drug-likeness (QED) is 0.835. The van der Waals surface area contributed by atoms with E-state index in [9.17, 15) is 9.59 Å². The van der Waals surface area contributed by atoms with Crippen LogP contribution in [0.3, 0.4) is 0 Å². The molecule has 1 aliphatic rings. The molecule has 0 spiro atoms. The summed E-state index contributed by atoms with van der Waals surface area (Å²) < 4.78 is 0. The van der Waals surface area contributed by atoms with Crippen LogP contribution in [0.2, 0.25) is 0 Å². The van der Waals surface area contributed by atoms with Gasteiger partial charge in [-0.3, -0.25) is 9.59 Å². The first kappa shape index (κ1) is 15.0. The highest BCUT2D eigenvalue weighted by Crippen LogP contribution is 2.47. The highest BCUT2D eigenvalue weighted by atomic mass is 16.2. The molecule has 0 saturated heterocycles. The molecule has 1 aliphatic carbocycles. The van der Waals surface area contributed by atoms with Crippen LogP contribution in [0.25, 0.3) is 0 Å². The first-order chi connectivity index (χ1) is 9.78. The van der Waals surface area contributed by atoms with Gasteiger partial charge in [-0.2, -0.15) is 5.26 Å². The molecule has 1 fully saturated rings. The number of para-hydroxylation sites is 1. The molecule has 1 aromatic carbocycles. The van der Waals surface area contributed by atoms with Crippen LogP contribution in [0, 0.1) is 16.7 Å². The van der Waals surface area contributed by atoms with Crippen molar-refractivity contribution in [3.8, 4) is 6.07 Å². The maximum atomic E-state index is 12.4. The van der Waals surface area contributed by atoms with E-state index in [2.05, 4.69) is 10.6 Å². The fraction of sp³-hybridized carbons (Fsp3) is 0.438. The van der Waals surface area contributed by atoms with Crippen LogP contribution in [0.5, 0.6) is 0 Å². The molecule has 2 rings (SSSR count). The molecular formula is C16H19N3O2. The zero-order valence-electron chi connectivity index (χ0n) is 12.5. The summed E-state index contributed by atoms with van der Waals surface area (Å²) in [5.41, 5.74) is -0.536. The first-order valence-corrected chi connectivity index (χ1v) is 6.92. The van der Waals surface area contributed by atoms with Crippen LogP contribution in [0.1, 0.15) is 39.2 Å². The summed E-state index contributed by atoms with van der Waals surface area (Å²) in [5.74, 6) is -0.589. The zero-order valence-corrected chi connectivity index (χ0v) is 12.5. The number of carbonyl (C=O) groups excluding carboxylic acids is 2. The number of carbonyl (C=O) groups is 2. The molecule has 2 N–H and O–H groups in total. The lowest BCUT2D eigenvalue weighted by molar-refractivity contribution is -0.135. The SMILES string of the molecule is CC(C)(C)NC(=O)C1(C(=O)Nc2ccccc2C#N)CC1.